The molecule has 8 nitrogen and oxygen atoms in total. The third-order valence-electron chi connectivity index (χ3n) is 4.75. The Morgan fingerprint density at radius 2 is 2.36 bits per heavy atom. The summed E-state index contributed by atoms with van der Waals surface area (Å²) in [5.74, 6) is 1.18. The van der Waals surface area contributed by atoms with E-state index in [0.717, 1.165) is 37.1 Å². The molecule has 25 heavy (non-hydrogen) atoms. The summed E-state index contributed by atoms with van der Waals surface area (Å²) in [5.41, 5.74) is 1.79. The predicted octanol–water partition coefficient (Wildman–Crippen LogP) is 0.784. The molecular weight excluding hydrogens is 322 g/mol. The molecule has 4 heterocycles. The second kappa shape index (κ2) is 6.79. The summed E-state index contributed by atoms with van der Waals surface area (Å²) in [6.45, 7) is 2.54. The molecule has 0 radical (unpaired) electrons. The van der Waals surface area contributed by atoms with Crippen molar-refractivity contribution in [2.45, 2.75) is 38.5 Å². The van der Waals surface area contributed by atoms with E-state index in [0.29, 0.717) is 31.6 Å². The number of anilines is 1. The van der Waals surface area contributed by atoms with E-state index in [9.17, 15) is 4.79 Å². The maximum absolute atomic E-state index is 12.4. The van der Waals surface area contributed by atoms with Crippen LogP contribution < -0.4 is 15.2 Å². The second-order valence-corrected chi connectivity index (χ2v) is 6.33. The minimum Gasteiger partial charge on any atom is -0.481 e. The monoisotopic (exact) mass is 343 g/mol. The third-order valence-corrected chi connectivity index (χ3v) is 4.75. The van der Waals surface area contributed by atoms with Crippen molar-refractivity contribution in [1.29, 1.82) is 0 Å². The molecule has 0 spiro atoms. The Morgan fingerprint density at radius 1 is 1.44 bits per heavy atom. The summed E-state index contributed by atoms with van der Waals surface area (Å²) in [4.78, 5) is 23.3. The number of rotatable bonds is 4. The molecule has 0 N–H and O–H groups in total. The fraction of sp³-hybridized carbons (Fsp3) is 0.529. The van der Waals surface area contributed by atoms with Crippen LogP contribution in [0.4, 0.5) is 5.95 Å². The first-order chi connectivity index (χ1) is 12.2. The molecular formula is C17H21N5O3. The topological polar surface area (TPSA) is 82.4 Å². The van der Waals surface area contributed by atoms with Gasteiger partial charge in [-0.15, -0.1) is 0 Å². The van der Waals surface area contributed by atoms with Crippen molar-refractivity contribution in [3.8, 4) is 5.88 Å². The Labute approximate surface area is 145 Å². The predicted molar refractivity (Wildman–Crippen MR) is 90.8 cm³/mol. The lowest BCUT2D eigenvalue weighted by Gasteiger charge is -2.25. The lowest BCUT2D eigenvalue weighted by atomic mass is 10.1. The van der Waals surface area contributed by atoms with Crippen LogP contribution in [0, 0.1) is 0 Å². The summed E-state index contributed by atoms with van der Waals surface area (Å²) < 4.78 is 12.2. The lowest BCUT2D eigenvalue weighted by Crippen LogP contribution is -2.38. The fourth-order valence-electron chi connectivity index (χ4n) is 3.46. The normalized spacial score (nSPS) is 19.7. The van der Waals surface area contributed by atoms with Gasteiger partial charge in [-0.2, -0.15) is 10.1 Å². The van der Waals surface area contributed by atoms with Gasteiger partial charge in [0.1, 0.15) is 0 Å². The van der Waals surface area contributed by atoms with Crippen molar-refractivity contribution in [2.24, 2.45) is 0 Å². The molecule has 0 aromatic carbocycles. The minimum absolute atomic E-state index is 0.0809. The van der Waals surface area contributed by atoms with Gasteiger partial charge in [-0.3, -0.25) is 4.79 Å². The van der Waals surface area contributed by atoms with Gasteiger partial charge in [0.2, 0.25) is 11.8 Å². The first-order valence-corrected chi connectivity index (χ1v) is 8.56. The third kappa shape index (κ3) is 3.21. The van der Waals surface area contributed by atoms with Crippen LogP contribution in [0.5, 0.6) is 5.88 Å². The molecule has 0 bridgehead atoms. The van der Waals surface area contributed by atoms with Crippen LogP contribution in [-0.4, -0.2) is 46.1 Å². The van der Waals surface area contributed by atoms with Gasteiger partial charge >= 0.3 is 0 Å². The Kier molecular flexibility index (Phi) is 4.35. The number of methoxy groups -OCH3 is 1. The largest absolute Gasteiger partial charge is 0.481 e. The van der Waals surface area contributed by atoms with Crippen molar-refractivity contribution in [3.05, 3.63) is 39.9 Å². The van der Waals surface area contributed by atoms with Crippen molar-refractivity contribution >= 4 is 5.95 Å². The van der Waals surface area contributed by atoms with Crippen molar-refractivity contribution in [2.75, 3.05) is 25.2 Å². The zero-order chi connectivity index (χ0) is 17.2. The van der Waals surface area contributed by atoms with E-state index in [2.05, 4.69) is 20.0 Å². The number of hydrogen-bond acceptors (Lipinski definition) is 7. The number of nitrogens with zero attached hydrogens (tertiary/aromatic N) is 5. The summed E-state index contributed by atoms with van der Waals surface area (Å²) >= 11 is 0. The average Bonchev–Trinajstić information content (AvgIpc) is 3.10. The zero-order valence-corrected chi connectivity index (χ0v) is 14.2. The number of ether oxygens (including phenoxy) is 2. The smallest absolute Gasteiger partial charge is 0.267 e. The standard InChI is InChI=1S/C17H21N5O3/c1-24-15-4-6-18-17(19-15)21-7-2-3-13(21)10-22-16(23)9-12-11-25-8-5-14(12)20-22/h4,6,9,13H,2-3,5,7-8,10-11H2,1H3. The van der Waals surface area contributed by atoms with Crippen LogP contribution in [0.15, 0.2) is 23.1 Å². The van der Waals surface area contributed by atoms with E-state index in [1.165, 1.54) is 0 Å². The Bertz CT molecular complexity index is 822. The number of hydrogen-bond donors (Lipinski definition) is 0. The van der Waals surface area contributed by atoms with Gasteiger partial charge in [0.15, 0.2) is 0 Å². The van der Waals surface area contributed by atoms with E-state index in [-0.39, 0.29) is 11.6 Å². The zero-order valence-electron chi connectivity index (χ0n) is 14.2. The van der Waals surface area contributed by atoms with Crippen molar-refractivity contribution < 1.29 is 9.47 Å². The van der Waals surface area contributed by atoms with Gasteiger partial charge in [0.05, 0.1) is 38.6 Å². The van der Waals surface area contributed by atoms with E-state index < -0.39 is 0 Å². The van der Waals surface area contributed by atoms with Crippen LogP contribution in [0.25, 0.3) is 0 Å². The molecule has 4 rings (SSSR count). The van der Waals surface area contributed by atoms with Gasteiger partial charge in [-0.05, 0) is 12.8 Å². The highest BCUT2D eigenvalue weighted by Gasteiger charge is 2.28. The first-order valence-electron chi connectivity index (χ1n) is 8.56. The molecule has 2 aromatic rings. The Hall–Kier alpha value is -2.48. The highest BCUT2D eigenvalue weighted by Crippen LogP contribution is 2.24. The van der Waals surface area contributed by atoms with Crippen LogP contribution in [0.2, 0.25) is 0 Å². The summed E-state index contributed by atoms with van der Waals surface area (Å²) in [7, 11) is 1.59. The molecule has 8 heteroatoms. The molecule has 2 aromatic heterocycles. The molecule has 2 aliphatic rings. The van der Waals surface area contributed by atoms with Gasteiger partial charge < -0.3 is 14.4 Å². The van der Waals surface area contributed by atoms with E-state index in [1.807, 2.05) is 0 Å². The van der Waals surface area contributed by atoms with Gasteiger partial charge in [-0.1, -0.05) is 0 Å². The van der Waals surface area contributed by atoms with E-state index in [1.54, 1.807) is 30.1 Å². The Balaban J connectivity index is 1.58. The van der Waals surface area contributed by atoms with Crippen LogP contribution in [0.3, 0.4) is 0 Å². The lowest BCUT2D eigenvalue weighted by molar-refractivity contribution is 0.108. The SMILES string of the molecule is COc1ccnc(N2CCCC2Cn2nc3c(cc2=O)COCC3)n1. The maximum Gasteiger partial charge on any atom is 0.267 e. The summed E-state index contributed by atoms with van der Waals surface area (Å²) in [6.07, 6.45) is 4.47. The molecule has 0 amide bonds. The number of fused-ring (bicyclic) bond motifs is 1. The van der Waals surface area contributed by atoms with Crippen LogP contribution >= 0.6 is 0 Å². The summed E-state index contributed by atoms with van der Waals surface area (Å²) in [6, 6.07) is 3.53. The average molecular weight is 343 g/mol. The molecule has 1 unspecified atom stereocenters. The molecule has 0 aliphatic carbocycles. The van der Waals surface area contributed by atoms with Crippen LogP contribution in [-0.2, 0) is 24.3 Å². The van der Waals surface area contributed by atoms with Gasteiger partial charge in [0.25, 0.3) is 5.56 Å². The molecule has 1 atom stereocenters. The van der Waals surface area contributed by atoms with Crippen molar-refractivity contribution in [3.63, 3.8) is 0 Å². The number of aromatic nitrogens is 4. The fourth-order valence-corrected chi connectivity index (χ4v) is 3.46. The summed E-state index contributed by atoms with van der Waals surface area (Å²) in [5, 5.41) is 4.57. The Morgan fingerprint density at radius 3 is 3.24 bits per heavy atom. The maximum atomic E-state index is 12.4. The van der Waals surface area contributed by atoms with Crippen LogP contribution in [0.1, 0.15) is 24.1 Å². The molecule has 1 fully saturated rings. The molecule has 1 saturated heterocycles. The second-order valence-electron chi connectivity index (χ2n) is 6.33. The van der Waals surface area contributed by atoms with E-state index in [4.69, 9.17) is 9.47 Å². The van der Waals surface area contributed by atoms with E-state index >= 15 is 0 Å². The quantitative estimate of drug-likeness (QED) is 0.811. The van der Waals surface area contributed by atoms with Crippen molar-refractivity contribution in [1.82, 2.24) is 19.7 Å². The molecule has 0 saturated carbocycles. The van der Waals surface area contributed by atoms with Gasteiger partial charge in [0, 0.05) is 36.9 Å². The molecule has 2 aliphatic heterocycles. The first kappa shape index (κ1) is 16.0. The highest BCUT2D eigenvalue weighted by atomic mass is 16.5. The molecule has 132 valence electrons. The van der Waals surface area contributed by atoms with Gasteiger partial charge in [-0.25, -0.2) is 9.67 Å². The minimum atomic E-state index is -0.0809. The highest BCUT2D eigenvalue weighted by molar-refractivity contribution is 5.35.